The number of esters is 2. The van der Waals surface area contributed by atoms with Gasteiger partial charge in [0, 0.05) is 19.4 Å². The highest BCUT2D eigenvalue weighted by atomic mass is 16.7. The smallest absolute Gasteiger partial charge is 0.333 e. The van der Waals surface area contributed by atoms with Crippen LogP contribution in [0.5, 0.6) is 5.75 Å². The van der Waals surface area contributed by atoms with Crippen molar-refractivity contribution in [3.63, 3.8) is 0 Å². The first-order valence-electron chi connectivity index (χ1n) is 6.92. The van der Waals surface area contributed by atoms with Crippen molar-refractivity contribution in [3.8, 4) is 5.75 Å². The van der Waals surface area contributed by atoms with E-state index >= 15 is 0 Å². The average Bonchev–Trinajstić information content (AvgIpc) is 2.47. The molecule has 2 rings (SSSR count). The van der Waals surface area contributed by atoms with E-state index < -0.39 is 12.3 Å². The minimum absolute atomic E-state index is 0.366. The summed E-state index contributed by atoms with van der Waals surface area (Å²) in [5.74, 6) is -0.321. The lowest BCUT2D eigenvalue weighted by atomic mass is 10.2. The summed E-state index contributed by atoms with van der Waals surface area (Å²) in [6, 6.07) is 6.83. The molecule has 5 heteroatoms. The van der Waals surface area contributed by atoms with Crippen LogP contribution in [0.2, 0.25) is 0 Å². The first-order chi connectivity index (χ1) is 10.1. The lowest BCUT2D eigenvalue weighted by Gasteiger charge is -2.21. The summed E-state index contributed by atoms with van der Waals surface area (Å²) in [5, 5.41) is 0. The quantitative estimate of drug-likeness (QED) is 0.484. The maximum absolute atomic E-state index is 11.6. The fourth-order valence-corrected chi connectivity index (χ4v) is 1.95. The summed E-state index contributed by atoms with van der Waals surface area (Å²) in [6.07, 6.45) is 5.35. The molecule has 0 spiro atoms. The molecule has 0 aliphatic carbocycles. The molecular formula is C16H18O5. The fraction of sp³-hybridized carbons (Fsp3) is 0.375. The third kappa shape index (κ3) is 5.39. The molecule has 1 unspecified atom stereocenters. The van der Waals surface area contributed by atoms with E-state index in [0.717, 1.165) is 24.8 Å². The van der Waals surface area contributed by atoms with E-state index in [1.165, 1.54) is 13.0 Å². The van der Waals surface area contributed by atoms with Gasteiger partial charge in [0.25, 0.3) is 0 Å². The van der Waals surface area contributed by atoms with Gasteiger partial charge in [-0.2, -0.15) is 0 Å². The van der Waals surface area contributed by atoms with Gasteiger partial charge in [-0.15, -0.1) is 0 Å². The molecule has 0 N–H and O–H groups in total. The second-order valence-corrected chi connectivity index (χ2v) is 4.73. The topological polar surface area (TPSA) is 61.8 Å². The van der Waals surface area contributed by atoms with Gasteiger partial charge in [0.2, 0.25) is 6.29 Å². The lowest BCUT2D eigenvalue weighted by molar-refractivity contribution is -0.181. The molecule has 0 radical (unpaired) electrons. The highest BCUT2D eigenvalue weighted by Crippen LogP contribution is 2.15. The van der Waals surface area contributed by atoms with E-state index in [1.807, 2.05) is 0 Å². The van der Waals surface area contributed by atoms with Gasteiger partial charge in [0.15, 0.2) is 0 Å². The number of carbonyl (C=O) groups is 2. The highest BCUT2D eigenvalue weighted by molar-refractivity contribution is 5.87. The van der Waals surface area contributed by atoms with Crippen LogP contribution >= 0.6 is 0 Å². The molecule has 0 bridgehead atoms. The van der Waals surface area contributed by atoms with Crippen LogP contribution in [0, 0.1) is 0 Å². The minimum atomic E-state index is -0.428. The van der Waals surface area contributed by atoms with Gasteiger partial charge in [0.05, 0.1) is 6.61 Å². The van der Waals surface area contributed by atoms with Crippen molar-refractivity contribution in [1.82, 2.24) is 0 Å². The van der Waals surface area contributed by atoms with Crippen molar-refractivity contribution in [1.29, 1.82) is 0 Å². The van der Waals surface area contributed by atoms with E-state index in [4.69, 9.17) is 14.2 Å². The molecular weight excluding hydrogens is 272 g/mol. The van der Waals surface area contributed by atoms with Crippen LogP contribution in [0.3, 0.4) is 0 Å². The number of hydrogen-bond acceptors (Lipinski definition) is 5. The Morgan fingerprint density at radius 1 is 1.24 bits per heavy atom. The number of rotatable bonds is 4. The summed E-state index contributed by atoms with van der Waals surface area (Å²) in [5.41, 5.74) is 0.812. The zero-order chi connectivity index (χ0) is 15.1. The van der Waals surface area contributed by atoms with Crippen molar-refractivity contribution in [2.75, 3.05) is 6.61 Å². The second kappa shape index (κ2) is 7.59. The molecule has 0 aromatic heterocycles. The Labute approximate surface area is 123 Å². The molecule has 21 heavy (non-hydrogen) atoms. The standard InChI is InChI=1S/C16H18O5/c1-12(17)20-14-8-5-13(6-9-14)7-10-15(18)21-16-4-2-3-11-19-16/h5-10,16H,2-4,11H2,1H3/b10-7+. The largest absolute Gasteiger partial charge is 0.433 e. The summed E-state index contributed by atoms with van der Waals surface area (Å²) in [4.78, 5) is 22.4. The Bertz CT molecular complexity index is 512. The fourth-order valence-electron chi connectivity index (χ4n) is 1.95. The number of carbonyl (C=O) groups excluding carboxylic acids is 2. The van der Waals surface area contributed by atoms with Gasteiger partial charge in [-0.05, 0) is 36.6 Å². The summed E-state index contributed by atoms with van der Waals surface area (Å²) in [7, 11) is 0. The first-order valence-corrected chi connectivity index (χ1v) is 6.92. The molecule has 1 atom stereocenters. The average molecular weight is 290 g/mol. The van der Waals surface area contributed by atoms with Crippen molar-refractivity contribution in [2.24, 2.45) is 0 Å². The van der Waals surface area contributed by atoms with Crippen LogP contribution in [0.25, 0.3) is 6.08 Å². The Morgan fingerprint density at radius 2 is 2.00 bits per heavy atom. The van der Waals surface area contributed by atoms with E-state index in [-0.39, 0.29) is 5.97 Å². The van der Waals surface area contributed by atoms with Crippen LogP contribution < -0.4 is 4.74 Å². The molecule has 1 aliphatic heterocycles. The van der Waals surface area contributed by atoms with Crippen LogP contribution in [0.4, 0.5) is 0 Å². The molecule has 1 aromatic rings. The van der Waals surface area contributed by atoms with Crippen molar-refractivity contribution in [3.05, 3.63) is 35.9 Å². The molecule has 0 amide bonds. The number of hydrogen-bond donors (Lipinski definition) is 0. The van der Waals surface area contributed by atoms with Gasteiger partial charge < -0.3 is 14.2 Å². The zero-order valence-electron chi connectivity index (χ0n) is 11.9. The number of ether oxygens (including phenoxy) is 3. The van der Waals surface area contributed by atoms with Gasteiger partial charge in [-0.25, -0.2) is 4.79 Å². The summed E-state index contributed by atoms with van der Waals surface area (Å²) >= 11 is 0. The van der Waals surface area contributed by atoms with Crippen LogP contribution in [-0.4, -0.2) is 24.8 Å². The maximum Gasteiger partial charge on any atom is 0.333 e. The van der Waals surface area contributed by atoms with E-state index in [2.05, 4.69) is 0 Å². The molecule has 0 saturated carbocycles. The third-order valence-electron chi connectivity index (χ3n) is 2.94. The van der Waals surface area contributed by atoms with Crippen molar-refractivity contribution < 1.29 is 23.8 Å². The molecule has 1 aromatic carbocycles. The Balaban J connectivity index is 1.84. The maximum atomic E-state index is 11.6. The van der Waals surface area contributed by atoms with Crippen molar-refractivity contribution in [2.45, 2.75) is 32.5 Å². The second-order valence-electron chi connectivity index (χ2n) is 4.73. The lowest BCUT2D eigenvalue weighted by Crippen LogP contribution is -2.24. The molecule has 112 valence electrons. The van der Waals surface area contributed by atoms with E-state index in [0.29, 0.717) is 12.4 Å². The summed E-state index contributed by atoms with van der Waals surface area (Å²) < 4.78 is 15.4. The first kappa shape index (κ1) is 15.3. The van der Waals surface area contributed by atoms with Crippen LogP contribution in [0.15, 0.2) is 30.3 Å². The molecule has 1 aliphatic rings. The van der Waals surface area contributed by atoms with Crippen LogP contribution in [0.1, 0.15) is 31.7 Å². The van der Waals surface area contributed by atoms with Gasteiger partial charge >= 0.3 is 11.9 Å². The monoisotopic (exact) mass is 290 g/mol. The van der Waals surface area contributed by atoms with E-state index in [1.54, 1.807) is 30.3 Å². The molecule has 1 heterocycles. The Kier molecular flexibility index (Phi) is 5.51. The van der Waals surface area contributed by atoms with Crippen LogP contribution in [-0.2, 0) is 19.1 Å². The highest BCUT2D eigenvalue weighted by Gasteiger charge is 2.16. The third-order valence-corrected chi connectivity index (χ3v) is 2.94. The molecule has 5 nitrogen and oxygen atoms in total. The minimum Gasteiger partial charge on any atom is -0.433 e. The SMILES string of the molecule is CC(=O)Oc1ccc(/C=C/C(=O)OC2CCCCO2)cc1. The normalized spacial score (nSPS) is 18.4. The zero-order valence-corrected chi connectivity index (χ0v) is 11.9. The van der Waals surface area contributed by atoms with Crippen molar-refractivity contribution >= 4 is 18.0 Å². The molecule has 1 saturated heterocycles. The van der Waals surface area contributed by atoms with Gasteiger partial charge in [0.1, 0.15) is 5.75 Å². The van der Waals surface area contributed by atoms with E-state index in [9.17, 15) is 9.59 Å². The van der Waals surface area contributed by atoms with Gasteiger partial charge in [-0.1, -0.05) is 12.1 Å². The van der Waals surface area contributed by atoms with Gasteiger partial charge in [-0.3, -0.25) is 4.79 Å². The number of benzene rings is 1. The predicted molar refractivity (Wildman–Crippen MR) is 76.5 cm³/mol. The summed E-state index contributed by atoms with van der Waals surface area (Å²) in [6.45, 7) is 1.98. The predicted octanol–water partition coefficient (Wildman–Crippen LogP) is 2.69. The molecule has 1 fully saturated rings. The Morgan fingerprint density at radius 3 is 2.62 bits per heavy atom. The Hall–Kier alpha value is -2.14.